The van der Waals surface area contributed by atoms with Crippen LogP contribution in [-0.2, 0) is 14.3 Å². The van der Waals surface area contributed by atoms with Crippen LogP contribution in [0.25, 0.3) is 0 Å². The number of nitrogens with zero attached hydrogens (tertiary/aromatic N) is 1. The van der Waals surface area contributed by atoms with E-state index in [1.807, 2.05) is 0 Å². The summed E-state index contributed by atoms with van der Waals surface area (Å²) in [6.45, 7) is 2.61. The molecule has 0 heterocycles. The molecule has 1 atom stereocenters. The molecule has 1 aliphatic carbocycles. The van der Waals surface area contributed by atoms with Crippen LogP contribution in [0.5, 0.6) is 0 Å². The Morgan fingerprint density at radius 3 is 2.82 bits per heavy atom. The molecule has 0 spiro atoms. The number of carbonyl (C=O) groups excluding carboxylic acids is 2. The molecule has 0 aromatic rings. The van der Waals surface area contributed by atoms with Crippen LogP contribution in [0.15, 0.2) is 12.2 Å². The molecule has 0 aliphatic heterocycles. The third-order valence-electron chi connectivity index (χ3n) is 2.93. The highest BCUT2D eigenvalue weighted by atomic mass is 16.5. The number of hydrogen-bond acceptors (Lipinski definition) is 3. The van der Waals surface area contributed by atoms with Crippen molar-refractivity contribution in [1.29, 1.82) is 0 Å². The summed E-state index contributed by atoms with van der Waals surface area (Å²) in [4.78, 5) is 24.6. The first-order valence-corrected chi connectivity index (χ1v) is 6.19. The minimum atomic E-state index is -0.243. The first kappa shape index (κ1) is 13.7. The zero-order chi connectivity index (χ0) is 12.7. The SMILES string of the molecule is CCOC(=O)CCN(C)C(=O)CC1C=CCC1. The molecule has 17 heavy (non-hydrogen) atoms. The average Bonchev–Trinajstić information content (AvgIpc) is 2.79. The summed E-state index contributed by atoms with van der Waals surface area (Å²) in [5.74, 6) is 0.242. The van der Waals surface area contributed by atoms with E-state index in [2.05, 4.69) is 12.2 Å². The topological polar surface area (TPSA) is 46.6 Å². The lowest BCUT2D eigenvalue weighted by molar-refractivity contribution is -0.143. The third kappa shape index (κ3) is 5.02. The van der Waals surface area contributed by atoms with E-state index >= 15 is 0 Å². The van der Waals surface area contributed by atoms with Crippen LogP contribution in [-0.4, -0.2) is 37.0 Å². The van der Waals surface area contributed by atoms with E-state index in [1.54, 1.807) is 18.9 Å². The van der Waals surface area contributed by atoms with E-state index in [9.17, 15) is 9.59 Å². The molecule has 0 aromatic carbocycles. The maximum absolute atomic E-state index is 11.8. The van der Waals surface area contributed by atoms with Crippen molar-refractivity contribution in [1.82, 2.24) is 4.90 Å². The summed E-state index contributed by atoms with van der Waals surface area (Å²) in [6.07, 6.45) is 7.20. The van der Waals surface area contributed by atoms with Gasteiger partial charge in [-0.2, -0.15) is 0 Å². The maximum atomic E-state index is 11.8. The van der Waals surface area contributed by atoms with Crippen molar-refractivity contribution >= 4 is 11.9 Å². The first-order valence-electron chi connectivity index (χ1n) is 6.19. The maximum Gasteiger partial charge on any atom is 0.307 e. The second-order valence-electron chi connectivity index (χ2n) is 4.34. The zero-order valence-corrected chi connectivity index (χ0v) is 10.6. The number of hydrogen-bond donors (Lipinski definition) is 0. The van der Waals surface area contributed by atoms with Gasteiger partial charge in [0.25, 0.3) is 0 Å². The van der Waals surface area contributed by atoms with Gasteiger partial charge in [0.2, 0.25) is 5.91 Å². The van der Waals surface area contributed by atoms with Crippen LogP contribution in [0.4, 0.5) is 0 Å². The lowest BCUT2D eigenvalue weighted by Gasteiger charge is -2.18. The molecule has 0 radical (unpaired) electrons. The molecular weight excluding hydrogens is 218 g/mol. The summed E-state index contributed by atoms with van der Waals surface area (Å²) in [6, 6.07) is 0. The molecule has 0 aromatic heterocycles. The summed E-state index contributed by atoms with van der Waals surface area (Å²) < 4.78 is 4.82. The summed E-state index contributed by atoms with van der Waals surface area (Å²) in [5, 5.41) is 0. The Labute approximate surface area is 103 Å². The highest BCUT2D eigenvalue weighted by molar-refractivity contribution is 5.77. The monoisotopic (exact) mass is 239 g/mol. The Hall–Kier alpha value is -1.32. The van der Waals surface area contributed by atoms with Crippen molar-refractivity contribution < 1.29 is 14.3 Å². The molecule has 1 aliphatic rings. The number of amides is 1. The van der Waals surface area contributed by atoms with E-state index in [0.29, 0.717) is 25.5 Å². The zero-order valence-electron chi connectivity index (χ0n) is 10.6. The van der Waals surface area contributed by atoms with Gasteiger partial charge in [-0.25, -0.2) is 0 Å². The highest BCUT2D eigenvalue weighted by Crippen LogP contribution is 2.20. The van der Waals surface area contributed by atoms with Gasteiger partial charge in [-0.05, 0) is 25.7 Å². The van der Waals surface area contributed by atoms with E-state index < -0.39 is 0 Å². The average molecular weight is 239 g/mol. The normalized spacial score (nSPS) is 18.1. The van der Waals surface area contributed by atoms with E-state index in [1.165, 1.54) is 0 Å². The van der Waals surface area contributed by atoms with Crippen molar-refractivity contribution in [3.8, 4) is 0 Å². The first-order chi connectivity index (χ1) is 8.13. The lowest BCUT2D eigenvalue weighted by atomic mass is 10.0. The fourth-order valence-corrected chi connectivity index (χ4v) is 1.86. The number of carbonyl (C=O) groups is 2. The van der Waals surface area contributed by atoms with Crippen LogP contribution in [0.1, 0.15) is 32.6 Å². The molecule has 0 bridgehead atoms. The smallest absolute Gasteiger partial charge is 0.307 e. The fourth-order valence-electron chi connectivity index (χ4n) is 1.86. The largest absolute Gasteiger partial charge is 0.466 e. The van der Waals surface area contributed by atoms with Gasteiger partial charge < -0.3 is 9.64 Å². The van der Waals surface area contributed by atoms with Gasteiger partial charge in [0.15, 0.2) is 0 Å². The van der Waals surface area contributed by atoms with Gasteiger partial charge in [-0.1, -0.05) is 12.2 Å². The Morgan fingerprint density at radius 2 is 2.24 bits per heavy atom. The lowest BCUT2D eigenvalue weighted by Crippen LogP contribution is -2.30. The summed E-state index contributed by atoms with van der Waals surface area (Å²) in [7, 11) is 1.74. The predicted octanol–water partition coefficient (Wildman–Crippen LogP) is 1.75. The molecule has 1 amide bonds. The Morgan fingerprint density at radius 1 is 1.47 bits per heavy atom. The fraction of sp³-hybridized carbons (Fsp3) is 0.692. The number of rotatable bonds is 6. The van der Waals surface area contributed by atoms with Gasteiger partial charge in [-0.15, -0.1) is 0 Å². The van der Waals surface area contributed by atoms with Gasteiger partial charge in [0.05, 0.1) is 13.0 Å². The van der Waals surface area contributed by atoms with Gasteiger partial charge in [-0.3, -0.25) is 9.59 Å². The molecule has 96 valence electrons. The van der Waals surface area contributed by atoms with Gasteiger partial charge in [0, 0.05) is 20.0 Å². The van der Waals surface area contributed by atoms with E-state index in [-0.39, 0.29) is 18.3 Å². The van der Waals surface area contributed by atoms with Crippen molar-refractivity contribution in [3.63, 3.8) is 0 Å². The molecular formula is C13H21NO3. The molecule has 0 saturated heterocycles. The number of esters is 1. The van der Waals surface area contributed by atoms with E-state index in [4.69, 9.17) is 4.74 Å². The molecule has 0 N–H and O–H groups in total. The number of allylic oxidation sites excluding steroid dienone is 2. The van der Waals surface area contributed by atoms with Gasteiger partial charge >= 0.3 is 5.97 Å². The number of ether oxygens (including phenoxy) is 1. The Kier molecular flexibility index (Phi) is 5.73. The summed E-state index contributed by atoms with van der Waals surface area (Å²) >= 11 is 0. The third-order valence-corrected chi connectivity index (χ3v) is 2.93. The highest BCUT2D eigenvalue weighted by Gasteiger charge is 2.17. The summed E-state index contributed by atoms with van der Waals surface area (Å²) in [5.41, 5.74) is 0. The van der Waals surface area contributed by atoms with Crippen molar-refractivity contribution in [2.45, 2.75) is 32.6 Å². The van der Waals surface area contributed by atoms with Crippen LogP contribution < -0.4 is 0 Å². The van der Waals surface area contributed by atoms with Crippen molar-refractivity contribution in [2.75, 3.05) is 20.2 Å². The van der Waals surface area contributed by atoms with E-state index in [0.717, 1.165) is 12.8 Å². The Balaban J connectivity index is 2.21. The van der Waals surface area contributed by atoms with Crippen molar-refractivity contribution in [2.24, 2.45) is 5.92 Å². The Bertz CT molecular complexity index is 299. The quantitative estimate of drug-likeness (QED) is 0.524. The van der Waals surface area contributed by atoms with Crippen LogP contribution in [0.2, 0.25) is 0 Å². The minimum Gasteiger partial charge on any atom is -0.466 e. The second-order valence-corrected chi connectivity index (χ2v) is 4.34. The standard InChI is InChI=1S/C13H21NO3/c1-3-17-13(16)8-9-14(2)12(15)10-11-6-4-5-7-11/h4,6,11H,3,5,7-10H2,1-2H3. The predicted molar refractivity (Wildman–Crippen MR) is 65.4 cm³/mol. The van der Waals surface area contributed by atoms with Gasteiger partial charge in [0.1, 0.15) is 0 Å². The van der Waals surface area contributed by atoms with Crippen LogP contribution in [0.3, 0.4) is 0 Å². The molecule has 4 nitrogen and oxygen atoms in total. The molecule has 1 unspecified atom stereocenters. The van der Waals surface area contributed by atoms with Crippen molar-refractivity contribution in [3.05, 3.63) is 12.2 Å². The minimum absolute atomic E-state index is 0.103. The van der Waals surface area contributed by atoms with Crippen LogP contribution >= 0.6 is 0 Å². The molecule has 0 saturated carbocycles. The molecule has 1 rings (SSSR count). The molecule has 0 fully saturated rings. The molecule has 4 heteroatoms. The second kappa shape index (κ2) is 7.09. The van der Waals surface area contributed by atoms with Crippen LogP contribution in [0, 0.1) is 5.92 Å².